The number of aliphatic hydroxyl groups is 6. The van der Waals surface area contributed by atoms with Gasteiger partial charge in [-0.2, -0.15) is 0 Å². The highest BCUT2D eigenvalue weighted by molar-refractivity contribution is 8.76. The lowest BCUT2D eigenvalue weighted by atomic mass is 9.57. The summed E-state index contributed by atoms with van der Waals surface area (Å²) < 4.78 is 12.5. The van der Waals surface area contributed by atoms with Crippen LogP contribution in [0.25, 0.3) is 0 Å². The SMILES string of the molecule is O=C1c2cccc3c2C(=O)C2(CSSCNC4=CC5=C(CCC6CC7(CCCC7)CC56CC5(O)C(O)C(CO)OC(O3)C5O)CN4)C(O)=CC(Cc3cccc(CO)c3)=CC12. The van der Waals surface area contributed by atoms with Crippen LogP contribution in [0.5, 0.6) is 5.75 Å². The molecule has 61 heavy (non-hydrogen) atoms. The first-order valence-corrected chi connectivity index (χ1v) is 24.1. The third kappa shape index (κ3) is 6.57. The first kappa shape index (κ1) is 41.4. The van der Waals surface area contributed by atoms with Crippen LogP contribution in [0.2, 0.25) is 0 Å². The van der Waals surface area contributed by atoms with Crippen LogP contribution in [0, 0.1) is 28.1 Å². The van der Waals surface area contributed by atoms with E-state index in [9.17, 15) is 35.4 Å². The van der Waals surface area contributed by atoms with Crippen molar-refractivity contribution < 1.29 is 49.7 Å². The van der Waals surface area contributed by atoms with Crippen LogP contribution in [0.15, 0.2) is 89.0 Å². The molecule has 1 saturated heterocycles. The van der Waals surface area contributed by atoms with E-state index in [2.05, 4.69) is 16.7 Å². The summed E-state index contributed by atoms with van der Waals surface area (Å²) >= 11 is 0. The molecule has 5 aliphatic carbocycles. The van der Waals surface area contributed by atoms with Gasteiger partial charge < -0.3 is 50.7 Å². The standard InChI is InChI=1S/C47H54N2O10S2/c50-20-27-6-3-5-26(13-27)14-28-15-33-39(53)31-7-4-8-34-38(31)41(55)46(33,36(52)16-28)24-60-61-25-49-37-17-32-29(19-48-37)9-10-30-18-44(11-1-2-12-44)22-45(30,32)23-47(57)40(54)35(21-51)59-43(58-34)42(47)56/h3-8,13,15-17,30,33,35,40,42-43,48-52,54,56-57H,1-2,9-12,14,18-25H2. The monoisotopic (exact) mass is 870 g/mol. The fourth-order valence-corrected chi connectivity index (χ4v) is 14.8. The lowest BCUT2D eigenvalue weighted by Gasteiger charge is -2.54. The molecule has 3 heterocycles. The van der Waals surface area contributed by atoms with Gasteiger partial charge >= 0.3 is 0 Å². The summed E-state index contributed by atoms with van der Waals surface area (Å²) in [5.74, 6) is -0.816. The van der Waals surface area contributed by atoms with Crippen molar-refractivity contribution in [3.05, 3.63) is 111 Å². The third-order valence-corrected chi connectivity index (χ3v) is 17.7. The molecule has 324 valence electrons. The number of rotatable bonds is 4. The number of carbonyl (C=O) groups is 2. The van der Waals surface area contributed by atoms with Crippen LogP contribution in [0.4, 0.5) is 0 Å². The summed E-state index contributed by atoms with van der Waals surface area (Å²) in [6, 6.07) is 12.1. The van der Waals surface area contributed by atoms with Gasteiger partial charge in [-0.05, 0) is 109 Å². The number of dihydropyridines is 1. The number of ether oxygens (including phenoxy) is 2. The van der Waals surface area contributed by atoms with Gasteiger partial charge in [0.2, 0.25) is 6.29 Å². The maximum Gasteiger partial charge on any atom is 0.229 e. The second-order valence-corrected chi connectivity index (χ2v) is 21.2. The van der Waals surface area contributed by atoms with Crippen molar-refractivity contribution in [1.82, 2.24) is 10.6 Å². The maximum absolute atomic E-state index is 15.3. The molecule has 0 radical (unpaired) electrons. The zero-order valence-electron chi connectivity index (χ0n) is 34.0. The van der Waals surface area contributed by atoms with E-state index in [1.54, 1.807) is 24.3 Å². The Morgan fingerprint density at radius 1 is 0.934 bits per heavy atom. The molecule has 0 aromatic heterocycles. The van der Waals surface area contributed by atoms with E-state index in [1.807, 2.05) is 24.3 Å². The fraction of sp³-hybridized carbons (Fsp3) is 0.532. The van der Waals surface area contributed by atoms with Crippen molar-refractivity contribution in [3.63, 3.8) is 0 Å². The average Bonchev–Trinajstić information content (AvgIpc) is 3.85. The molecule has 0 amide bonds. The van der Waals surface area contributed by atoms with E-state index in [4.69, 9.17) is 9.47 Å². The van der Waals surface area contributed by atoms with Gasteiger partial charge in [0.15, 0.2) is 11.6 Å². The molecule has 9 atom stereocenters. The summed E-state index contributed by atoms with van der Waals surface area (Å²) in [4.78, 5) is 30.1. The number of hydrogen-bond donors (Lipinski definition) is 8. The topological polar surface area (TPSA) is 198 Å². The normalized spacial score (nSPS) is 36.6. The Kier molecular flexibility index (Phi) is 10.6. The van der Waals surface area contributed by atoms with Crippen molar-refractivity contribution in [2.45, 2.75) is 101 Å². The summed E-state index contributed by atoms with van der Waals surface area (Å²) in [6.45, 7) is -0.192. The van der Waals surface area contributed by atoms with Gasteiger partial charge in [0, 0.05) is 23.3 Å². The van der Waals surface area contributed by atoms with Crippen LogP contribution in [0.3, 0.4) is 0 Å². The van der Waals surface area contributed by atoms with E-state index < -0.39 is 59.3 Å². The molecule has 3 aliphatic heterocycles. The number of fused-ring (bicyclic) bond motifs is 2. The first-order valence-electron chi connectivity index (χ1n) is 21.6. The van der Waals surface area contributed by atoms with Gasteiger partial charge in [-0.1, -0.05) is 76.9 Å². The zero-order chi connectivity index (χ0) is 42.3. The molecule has 2 saturated carbocycles. The smallest absolute Gasteiger partial charge is 0.229 e. The van der Waals surface area contributed by atoms with Crippen molar-refractivity contribution in [1.29, 1.82) is 0 Å². The number of aliphatic hydroxyl groups excluding tert-OH is 5. The predicted octanol–water partition coefficient (Wildman–Crippen LogP) is 5.16. The quantitative estimate of drug-likeness (QED) is 0.188. The summed E-state index contributed by atoms with van der Waals surface area (Å²) in [5, 5.41) is 76.9. The number of carbonyl (C=O) groups excluding carboxylic acids is 2. The first-order chi connectivity index (χ1) is 29.4. The number of nitrogens with one attached hydrogen (secondary N) is 2. The van der Waals surface area contributed by atoms with Gasteiger partial charge in [-0.25, -0.2) is 0 Å². The molecule has 2 aromatic rings. The highest BCUT2D eigenvalue weighted by Gasteiger charge is 2.65. The summed E-state index contributed by atoms with van der Waals surface area (Å²) in [6.07, 6.45) is 7.50. The van der Waals surface area contributed by atoms with Crippen LogP contribution in [0.1, 0.15) is 89.6 Å². The number of hydrogen-bond acceptors (Lipinski definition) is 14. The van der Waals surface area contributed by atoms with Gasteiger partial charge in [-0.15, -0.1) is 0 Å². The van der Waals surface area contributed by atoms with Crippen molar-refractivity contribution in [3.8, 4) is 5.75 Å². The molecule has 12 nitrogen and oxygen atoms in total. The molecule has 3 fully saturated rings. The Bertz CT molecular complexity index is 2270. The van der Waals surface area contributed by atoms with Crippen LogP contribution in [-0.2, 0) is 17.8 Å². The molecule has 14 heteroatoms. The maximum atomic E-state index is 15.3. The minimum absolute atomic E-state index is 0.00835. The molecule has 8 aliphatic rings. The van der Waals surface area contributed by atoms with E-state index in [1.165, 1.54) is 33.2 Å². The molecule has 10 rings (SSSR count). The minimum atomic E-state index is -2.21. The second-order valence-electron chi connectivity index (χ2n) is 18.8. The minimum Gasteiger partial charge on any atom is -0.511 e. The highest BCUT2D eigenvalue weighted by Crippen LogP contribution is 2.69. The molecule has 6 bridgehead atoms. The molecule has 8 N–H and O–H groups in total. The van der Waals surface area contributed by atoms with E-state index in [-0.39, 0.29) is 58.5 Å². The van der Waals surface area contributed by atoms with E-state index >= 15 is 4.79 Å². The molecule has 3 spiro atoms. The van der Waals surface area contributed by atoms with Gasteiger partial charge in [0.1, 0.15) is 40.8 Å². The predicted molar refractivity (Wildman–Crippen MR) is 230 cm³/mol. The Labute approximate surface area is 363 Å². The number of allylic oxidation sites excluding steroid dienone is 6. The van der Waals surface area contributed by atoms with E-state index in [0.717, 1.165) is 73.9 Å². The Morgan fingerprint density at radius 2 is 1.74 bits per heavy atom. The summed E-state index contributed by atoms with van der Waals surface area (Å²) in [5.41, 5.74) is 0.260. The van der Waals surface area contributed by atoms with Crippen LogP contribution < -0.4 is 15.4 Å². The highest BCUT2D eigenvalue weighted by atomic mass is 33.1. The van der Waals surface area contributed by atoms with Gasteiger partial charge in [-0.3, -0.25) is 9.59 Å². The second kappa shape index (κ2) is 15.6. The van der Waals surface area contributed by atoms with Crippen LogP contribution in [-0.4, -0.2) is 97.2 Å². The Balaban J connectivity index is 1.08. The number of Topliss-reactive ketones (excluding diaryl/α,β-unsaturated/α-hetero) is 2. The average molecular weight is 871 g/mol. The lowest BCUT2D eigenvalue weighted by Crippen LogP contribution is -2.69. The molecular formula is C47H54N2O10S2. The Hall–Kier alpha value is -3.60. The van der Waals surface area contributed by atoms with Crippen molar-refractivity contribution >= 4 is 33.2 Å². The lowest BCUT2D eigenvalue weighted by molar-refractivity contribution is -0.320. The third-order valence-electron chi connectivity index (χ3n) is 15.4. The fourth-order valence-electron chi connectivity index (χ4n) is 12.6. The number of benzene rings is 2. The molecule has 9 unspecified atom stereocenters. The number of ketones is 2. The van der Waals surface area contributed by atoms with Crippen LogP contribution >= 0.6 is 21.6 Å². The van der Waals surface area contributed by atoms with Crippen molar-refractivity contribution in [2.24, 2.45) is 28.1 Å². The molecular weight excluding hydrogens is 817 g/mol. The van der Waals surface area contributed by atoms with E-state index in [0.29, 0.717) is 24.4 Å². The summed E-state index contributed by atoms with van der Waals surface area (Å²) in [7, 11) is 2.86. The largest absolute Gasteiger partial charge is 0.511 e. The molecule has 2 aromatic carbocycles. The zero-order valence-corrected chi connectivity index (χ0v) is 35.6. The Morgan fingerprint density at radius 3 is 2.54 bits per heavy atom. The van der Waals surface area contributed by atoms with Crippen molar-refractivity contribution in [2.75, 3.05) is 24.8 Å². The van der Waals surface area contributed by atoms with Gasteiger partial charge in [0.05, 0.1) is 36.4 Å². The van der Waals surface area contributed by atoms with Gasteiger partial charge in [0.25, 0.3) is 0 Å².